The quantitative estimate of drug-likeness (QED) is 0.831. The number of aryl methyl sites for hydroxylation is 1. The van der Waals surface area contributed by atoms with E-state index in [-0.39, 0.29) is 11.8 Å². The monoisotopic (exact) mass is 278 g/mol. The number of hydrogen-bond donors (Lipinski definition) is 0. The van der Waals surface area contributed by atoms with Crippen LogP contribution in [0, 0.1) is 12.8 Å². The van der Waals surface area contributed by atoms with Crippen LogP contribution < -0.4 is 0 Å². The fraction of sp³-hybridized carbons (Fsp3) is 0.733. The van der Waals surface area contributed by atoms with Gasteiger partial charge in [0.2, 0.25) is 5.91 Å². The molecule has 1 aromatic rings. The topological polar surface area (TPSA) is 55.6 Å². The lowest BCUT2D eigenvalue weighted by Gasteiger charge is -2.34. The van der Waals surface area contributed by atoms with Crippen molar-refractivity contribution in [1.29, 1.82) is 0 Å². The highest BCUT2D eigenvalue weighted by molar-refractivity contribution is 5.79. The van der Waals surface area contributed by atoms with Crippen molar-refractivity contribution in [3.05, 3.63) is 17.5 Å². The Morgan fingerprint density at radius 2 is 2.15 bits per heavy atom. The molecule has 1 unspecified atom stereocenters. The van der Waals surface area contributed by atoms with Crippen molar-refractivity contribution in [3.63, 3.8) is 0 Å². The Kier molecular flexibility index (Phi) is 4.05. The summed E-state index contributed by atoms with van der Waals surface area (Å²) in [6.07, 6.45) is 3.91. The zero-order valence-corrected chi connectivity index (χ0v) is 12.0. The number of aromatic nitrogens is 1. The Balaban J connectivity index is 1.54. The second kappa shape index (κ2) is 5.95. The molecule has 2 fully saturated rings. The largest absolute Gasteiger partial charge is 0.381 e. The average Bonchev–Trinajstić information content (AvgIpc) is 2.94. The third-order valence-corrected chi connectivity index (χ3v) is 4.36. The van der Waals surface area contributed by atoms with Crippen LogP contribution in [0.3, 0.4) is 0 Å². The van der Waals surface area contributed by atoms with E-state index >= 15 is 0 Å². The minimum Gasteiger partial charge on any atom is -0.381 e. The van der Waals surface area contributed by atoms with E-state index in [1.165, 1.54) is 0 Å². The normalized spacial score (nSPS) is 24.9. The van der Waals surface area contributed by atoms with Gasteiger partial charge in [-0.25, -0.2) is 0 Å². The third-order valence-electron chi connectivity index (χ3n) is 4.36. The van der Waals surface area contributed by atoms with Crippen molar-refractivity contribution < 1.29 is 14.1 Å². The smallest absolute Gasteiger partial charge is 0.228 e. The van der Waals surface area contributed by atoms with Crippen molar-refractivity contribution in [2.45, 2.75) is 38.5 Å². The standard InChI is InChI=1S/C15H22N2O3/c1-11-9-14(20-16-11)12-4-6-17(7-5-12)15(18)13-3-2-8-19-10-13/h9,12-13H,2-8,10H2,1H3. The highest BCUT2D eigenvalue weighted by Crippen LogP contribution is 2.29. The Morgan fingerprint density at radius 1 is 1.35 bits per heavy atom. The molecule has 2 aliphatic heterocycles. The molecule has 1 atom stereocenters. The van der Waals surface area contributed by atoms with E-state index in [0.29, 0.717) is 12.5 Å². The molecule has 0 N–H and O–H groups in total. The van der Waals surface area contributed by atoms with Crippen molar-refractivity contribution in [2.75, 3.05) is 26.3 Å². The summed E-state index contributed by atoms with van der Waals surface area (Å²) < 4.78 is 10.8. The zero-order valence-electron chi connectivity index (χ0n) is 12.0. The molecular weight excluding hydrogens is 256 g/mol. The van der Waals surface area contributed by atoms with Crippen LogP contribution in [0.1, 0.15) is 43.1 Å². The van der Waals surface area contributed by atoms with Gasteiger partial charge in [0, 0.05) is 31.7 Å². The van der Waals surface area contributed by atoms with Gasteiger partial charge in [0.15, 0.2) is 0 Å². The molecule has 0 aromatic carbocycles. The molecule has 2 saturated heterocycles. The molecule has 5 nitrogen and oxygen atoms in total. The van der Waals surface area contributed by atoms with Crippen LogP contribution in [0.4, 0.5) is 0 Å². The maximum absolute atomic E-state index is 12.4. The predicted molar refractivity (Wildman–Crippen MR) is 73.3 cm³/mol. The van der Waals surface area contributed by atoms with Crippen LogP contribution in [-0.4, -0.2) is 42.3 Å². The Bertz CT molecular complexity index is 457. The molecule has 5 heteroatoms. The summed E-state index contributed by atoms with van der Waals surface area (Å²) in [5, 5.41) is 3.95. The molecule has 2 aliphatic rings. The highest BCUT2D eigenvalue weighted by Gasteiger charge is 2.30. The van der Waals surface area contributed by atoms with Crippen LogP contribution in [0.5, 0.6) is 0 Å². The van der Waals surface area contributed by atoms with Gasteiger partial charge in [-0.1, -0.05) is 5.16 Å². The second-order valence-electron chi connectivity index (χ2n) is 5.88. The summed E-state index contributed by atoms with van der Waals surface area (Å²) in [5.41, 5.74) is 0.929. The van der Waals surface area contributed by atoms with Gasteiger partial charge in [-0.2, -0.15) is 0 Å². The molecule has 1 amide bonds. The summed E-state index contributed by atoms with van der Waals surface area (Å²) in [4.78, 5) is 14.4. The molecule has 3 heterocycles. The second-order valence-corrected chi connectivity index (χ2v) is 5.88. The van der Waals surface area contributed by atoms with Crippen molar-refractivity contribution in [1.82, 2.24) is 10.1 Å². The average molecular weight is 278 g/mol. The summed E-state index contributed by atoms with van der Waals surface area (Å²) >= 11 is 0. The van der Waals surface area contributed by atoms with Gasteiger partial charge >= 0.3 is 0 Å². The van der Waals surface area contributed by atoms with E-state index in [0.717, 1.165) is 56.8 Å². The van der Waals surface area contributed by atoms with Crippen LogP contribution >= 0.6 is 0 Å². The van der Waals surface area contributed by atoms with Gasteiger partial charge in [0.1, 0.15) is 5.76 Å². The highest BCUT2D eigenvalue weighted by atomic mass is 16.5. The SMILES string of the molecule is Cc1cc(C2CCN(C(=O)C3CCCOC3)CC2)on1. The Morgan fingerprint density at radius 3 is 2.75 bits per heavy atom. The molecular formula is C15H22N2O3. The number of piperidine rings is 1. The van der Waals surface area contributed by atoms with Gasteiger partial charge in [0.25, 0.3) is 0 Å². The van der Waals surface area contributed by atoms with Crippen molar-refractivity contribution in [3.8, 4) is 0 Å². The van der Waals surface area contributed by atoms with Gasteiger partial charge in [0.05, 0.1) is 18.2 Å². The number of hydrogen-bond acceptors (Lipinski definition) is 4. The molecule has 110 valence electrons. The van der Waals surface area contributed by atoms with E-state index in [1.54, 1.807) is 0 Å². The van der Waals surface area contributed by atoms with E-state index in [1.807, 2.05) is 17.9 Å². The molecule has 20 heavy (non-hydrogen) atoms. The lowest BCUT2D eigenvalue weighted by atomic mass is 9.92. The number of carbonyl (C=O) groups is 1. The number of amides is 1. The summed E-state index contributed by atoms with van der Waals surface area (Å²) in [6, 6.07) is 2.01. The summed E-state index contributed by atoms with van der Waals surface area (Å²) in [5.74, 6) is 1.73. The predicted octanol–water partition coefficient (Wildman–Crippen LogP) is 2.12. The number of rotatable bonds is 2. The van der Waals surface area contributed by atoms with Crippen molar-refractivity contribution in [2.24, 2.45) is 5.92 Å². The summed E-state index contributed by atoms with van der Waals surface area (Å²) in [7, 11) is 0. The number of ether oxygens (including phenoxy) is 1. The maximum atomic E-state index is 12.4. The van der Waals surface area contributed by atoms with E-state index < -0.39 is 0 Å². The molecule has 0 spiro atoms. The van der Waals surface area contributed by atoms with E-state index in [2.05, 4.69) is 5.16 Å². The van der Waals surface area contributed by atoms with Gasteiger partial charge in [-0.3, -0.25) is 4.79 Å². The van der Waals surface area contributed by atoms with Crippen LogP contribution in [0.25, 0.3) is 0 Å². The van der Waals surface area contributed by atoms with E-state index in [9.17, 15) is 4.79 Å². The first-order chi connectivity index (χ1) is 9.74. The molecule has 0 aliphatic carbocycles. The molecule has 0 saturated carbocycles. The third kappa shape index (κ3) is 2.87. The molecule has 1 aromatic heterocycles. The lowest BCUT2D eigenvalue weighted by molar-refractivity contribution is -0.140. The van der Waals surface area contributed by atoms with Crippen LogP contribution in [0.15, 0.2) is 10.6 Å². The Hall–Kier alpha value is -1.36. The number of likely N-dealkylation sites (tertiary alicyclic amines) is 1. The molecule has 0 radical (unpaired) electrons. The fourth-order valence-electron chi connectivity index (χ4n) is 3.15. The van der Waals surface area contributed by atoms with Gasteiger partial charge < -0.3 is 14.2 Å². The van der Waals surface area contributed by atoms with Crippen LogP contribution in [0.2, 0.25) is 0 Å². The first-order valence-electron chi connectivity index (χ1n) is 7.54. The first kappa shape index (κ1) is 13.6. The van der Waals surface area contributed by atoms with E-state index in [4.69, 9.17) is 9.26 Å². The van der Waals surface area contributed by atoms with Gasteiger partial charge in [-0.15, -0.1) is 0 Å². The molecule has 3 rings (SSSR count). The maximum Gasteiger partial charge on any atom is 0.228 e. The number of nitrogens with zero attached hydrogens (tertiary/aromatic N) is 2. The Labute approximate surface area is 119 Å². The number of carbonyl (C=O) groups excluding carboxylic acids is 1. The first-order valence-corrected chi connectivity index (χ1v) is 7.54. The fourth-order valence-corrected chi connectivity index (χ4v) is 3.15. The minimum absolute atomic E-state index is 0.0767. The minimum atomic E-state index is 0.0767. The van der Waals surface area contributed by atoms with Crippen molar-refractivity contribution >= 4 is 5.91 Å². The summed E-state index contributed by atoms with van der Waals surface area (Å²) in [6.45, 7) is 4.98. The van der Waals surface area contributed by atoms with Gasteiger partial charge in [-0.05, 0) is 32.6 Å². The lowest BCUT2D eigenvalue weighted by Crippen LogP contribution is -2.43. The van der Waals surface area contributed by atoms with Crippen LogP contribution in [-0.2, 0) is 9.53 Å². The zero-order chi connectivity index (χ0) is 13.9. The molecule has 0 bridgehead atoms.